The molecule has 4 rings (SSSR count). The van der Waals surface area contributed by atoms with Crippen molar-refractivity contribution in [3.8, 4) is 0 Å². The molecule has 0 aromatic carbocycles. The number of nitrogens with zero attached hydrogens (tertiary/aromatic N) is 4. The Labute approximate surface area is 183 Å². The molecule has 8 nitrogen and oxygen atoms in total. The molecule has 1 unspecified atom stereocenters. The van der Waals surface area contributed by atoms with Crippen LogP contribution in [0, 0.1) is 12.8 Å². The zero-order chi connectivity index (χ0) is 23.5. The van der Waals surface area contributed by atoms with Gasteiger partial charge in [0.05, 0.1) is 24.5 Å². The third-order valence-corrected chi connectivity index (χ3v) is 5.31. The fourth-order valence-electron chi connectivity index (χ4n) is 3.31. The first-order valence-electron chi connectivity index (χ1n) is 10.2. The predicted octanol–water partition coefficient (Wildman–Crippen LogP) is 3.36. The molecule has 1 saturated carbocycles. The maximum absolute atomic E-state index is 12.8. The Bertz CT molecular complexity index is 955. The zero-order valence-electron chi connectivity index (χ0n) is 17.8. The van der Waals surface area contributed by atoms with E-state index in [4.69, 9.17) is 14.6 Å². The lowest BCUT2D eigenvalue weighted by Crippen LogP contribution is -2.41. The quantitative estimate of drug-likeness (QED) is 0.744. The van der Waals surface area contributed by atoms with Gasteiger partial charge in [0.2, 0.25) is 0 Å². The number of carbonyl (C=O) groups excluding carboxylic acids is 1. The van der Waals surface area contributed by atoms with Crippen molar-refractivity contribution in [2.75, 3.05) is 13.2 Å². The van der Waals surface area contributed by atoms with Crippen LogP contribution >= 0.6 is 0 Å². The number of hydrogen-bond acceptors (Lipinski definition) is 5. The smallest absolute Gasteiger partial charge is 0.475 e. The van der Waals surface area contributed by atoms with Gasteiger partial charge in [-0.3, -0.25) is 9.78 Å². The van der Waals surface area contributed by atoms with Crippen molar-refractivity contribution in [1.29, 1.82) is 0 Å². The third-order valence-electron chi connectivity index (χ3n) is 5.31. The minimum atomic E-state index is -5.08. The van der Waals surface area contributed by atoms with Gasteiger partial charge in [0, 0.05) is 25.9 Å². The van der Waals surface area contributed by atoms with Crippen molar-refractivity contribution in [1.82, 2.24) is 19.4 Å². The van der Waals surface area contributed by atoms with Crippen LogP contribution in [0.2, 0.25) is 0 Å². The molecule has 174 valence electrons. The van der Waals surface area contributed by atoms with E-state index >= 15 is 0 Å². The van der Waals surface area contributed by atoms with Gasteiger partial charge in [-0.25, -0.2) is 9.78 Å². The van der Waals surface area contributed by atoms with Gasteiger partial charge in [-0.2, -0.15) is 13.2 Å². The molecule has 0 saturated heterocycles. The molecule has 1 atom stereocenters. The fraction of sp³-hybridized carbons (Fsp3) is 0.524. The standard InChI is InChI=1S/C19H24N4O2.C2HF3O2/c1-13-3-6-17(20-9-13)19(24)22-7-8-23-16(10-21-18(23)14(22)2)12-25-11-15-4-5-15;3-2(4,5)1(6)7/h3,6,9-10,14-15H,4-5,7-8,11-12H2,1-2H3;(H,6,7). The van der Waals surface area contributed by atoms with E-state index in [0.717, 1.165) is 36.2 Å². The maximum atomic E-state index is 12.8. The van der Waals surface area contributed by atoms with Crippen LogP contribution in [0.25, 0.3) is 0 Å². The number of carboxylic acids is 1. The van der Waals surface area contributed by atoms with Crippen LogP contribution < -0.4 is 0 Å². The van der Waals surface area contributed by atoms with Crippen molar-refractivity contribution < 1.29 is 32.6 Å². The molecule has 11 heteroatoms. The highest BCUT2D eigenvalue weighted by atomic mass is 19.4. The Morgan fingerprint density at radius 1 is 1.19 bits per heavy atom. The number of carbonyl (C=O) groups is 2. The minimum absolute atomic E-state index is 0.0340. The van der Waals surface area contributed by atoms with E-state index in [0.29, 0.717) is 18.8 Å². The number of alkyl halides is 3. The normalized spacial score (nSPS) is 17.9. The number of amides is 1. The number of rotatable bonds is 5. The Balaban J connectivity index is 0.000000360. The van der Waals surface area contributed by atoms with Gasteiger partial charge in [-0.15, -0.1) is 0 Å². The number of imidazole rings is 1. The average molecular weight is 454 g/mol. The van der Waals surface area contributed by atoms with Gasteiger partial charge in [0.25, 0.3) is 5.91 Å². The minimum Gasteiger partial charge on any atom is -0.475 e. The van der Waals surface area contributed by atoms with Crippen LogP contribution in [0.3, 0.4) is 0 Å². The summed E-state index contributed by atoms with van der Waals surface area (Å²) in [7, 11) is 0. The number of aryl methyl sites for hydroxylation is 1. The first-order valence-corrected chi connectivity index (χ1v) is 10.2. The summed E-state index contributed by atoms with van der Waals surface area (Å²) < 4.78 is 39.7. The molecular weight excluding hydrogens is 429 g/mol. The number of hydrogen-bond donors (Lipinski definition) is 1. The van der Waals surface area contributed by atoms with E-state index in [2.05, 4.69) is 14.5 Å². The van der Waals surface area contributed by atoms with E-state index in [9.17, 15) is 18.0 Å². The molecular formula is C21H25F3N4O4. The lowest BCUT2D eigenvalue weighted by atomic mass is 10.1. The summed E-state index contributed by atoms with van der Waals surface area (Å²) in [5, 5.41) is 7.12. The predicted molar refractivity (Wildman–Crippen MR) is 107 cm³/mol. The van der Waals surface area contributed by atoms with E-state index in [-0.39, 0.29) is 11.9 Å². The Kier molecular flexibility index (Phi) is 7.17. The number of carboxylic acid groups (broad SMARTS) is 1. The fourth-order valence-corrected chi connectivity index (χ4v) is 3.31. The topological polar surface area (TPSA) is 97.5 Å². The second-order valence-electron chi connectivity index (χ2n) is 7.92. The molecule has 1 amide bonds. The Hall–Kier alpha value is -2.95. The molecule has 2 aromatic rings. The number of halogens is 3. The highest BCUT2D eigenvalue weighted by Gasteiger charge is 2.38. The summed E-state index contributed by atoms with van der Waals surface area (Å²) in [6, 6.07) is 3.65. The Morgan fingerprint density at radius 3 is 2.44 bits per heavy atom. The number of fused-ring (bicyclic) bond motifs is 1. The van der Waals surface area contributed by atoms with Crippen molar-refractivity contribution in [2.24, 2.45) is 5.92 Å². The molecule has 0 bridgehead atoms. The molecule has 1 fully saturated rings. The van der Waals surface area contributed by atoms with Gasteiger partial charge >= 0.3 is 12.1 Å². The highest BCUT2D eigenvalue weighted by molar-refractivity contribution is 5.92. The lowest BCUT2D eigenvalue weighted by molar-refractivity contribution is -0.192. The molecule has 1 aliphatic heterocycles. The van der Waals surface area contributed by atoms with Gasteiger partial charge in [-0.1, -0.05) is 6.07 Å². The first kappa shape index (κ1) is 23.7. The number of pyridine rings is 1. The van der Waals surface area contributed by atoms with Crippen molar-refractivity contribution in [2.45, 2.75) is 52.1 Å². The van der Waals surface area contributed by atoms with Crippen LogP contribution in [0.1, 0.15) is 53.4 Å². The molecule has 1 aliphatic carbocycles. The van der Waals surface area contributed by atoms with Crippen LogP contribution in [-0.2, 0) is 22.7 Å². The number of ether oxygens (including phenoxy) is 1. The Morgan fingerprint density at radius 2 is 1.88 bits per heavy atom. The van der Waals surface area contributed by atoms with Crippen LogP contribution in [0.5, 0.6) is 0 Å². The van der Waals surface area contributed by atoms with Crippen molar-refractivity contribution in [3.05, 3.63) is 47.3 Å². The second-order valence-corrected chi connectivity index (χ2v) is 7.92. The zero-order valence-corrected chi connectivity index (χ0v) is 17.8. The molecule has 2 aliphatic rings. The van der Waals surface area contributed by atoms with E-state index in [1.807, 2.05) is 31.0 Å². The van der Waals surface area contributed by atoms with Crippen LogP contribution in [-0.4, -0.2) is 55.7 Å². The first-order chi connectivity index (χ1) is 15.1. The van der Waals surface area contributed by atoms with Crippen LogP contribution in [0.4, 0.5) is 13.2 Å². The molecule has 32 heavy (non-hydrogen) atoms. The molecule has 3 heterocycles. The van der Waals surface area contributed by atoms with Crippen molar-refractivity contribution >= 4 is 11.9 Å². The second kappa shape index (κ2) is 9.68. The van der Waals surface area contributed by atoms with Gasteiger partial charge in [-0.05, 0) is 44.2 Å². The van der Waals surface area contributed by atoms with Gasteiger partial charge < -0.3 is 19.3 Å². The van der Waals surface area contributed by atoms with Gasteiger partial charge in [0.15, 0.2) is 0 Å². The third kappa shape index (κ3) is 5.84. The maximum Gasteiger partial charge on any atom is 0.490 e. The molecule has 1 N–H and O–H groups in total. The summed E-state index contributed by atoms with van der Waals surface area (Å²) in [5.41, 5.74) is 2.64. The molecule has 2 aromatic heterocycles. The summed E-state index contributed by atoms with van der Waals surface area (Å²) in [5.74, 6) is -1.10. The number of aliphatic carboxylic acids is 1. The van der Waals surface area contributed by atoms with E-state index < -0.39 is 12.1 Å². The number of aromatic nitrogens is 3. The average Bonchev–Trinajstić information content (AvgIpc) is 3.46. The SMILES string of the molecule is Cc1ccc(C(=O)N2CCn3c(COCC4CC4)cnc3C2C)nc1.O=C(O)C(F)(F)F. The summed E-state index contributed by atoms with van der Waals surface area (Å²) in [4.78, 5) is 32.4. The van der Waals surface area contributed by atoms with Gasteiger partial charge in [0.1, 0.15) is 11.5 Å². The van der Waals surface area contributed by atoms with Crippen molar-refractivity contribution in [3.63, 3.8) is 0 Å². The van der Waals surface area contributed by atoms with E-state index in [1.165, 1.54) is 12.8 Å². The lowest BCUT2D eigenvalue weighted by Gasteiger charge is -2.34. The summed E-state index contributed by atoms with van der Waals surface area (Å²) >= 11 is 0. The molecule has 0 radical (unpaired) electrons. The van der Waals surface area contributed by atoms with Crippen LogP contribution in [0.15, 0.2) is 24.5 Å². The highest BCUT2D eigenvalue weighted by Crippen LogP contribution is 2.30. The largest absolute Gasteiger partial charge is 0.490 e. The molecule has 0 spiro atoms. The summed E-state index contributed by atoms with van der Waals surface area (Å²) in [6.07, 6.45) is 1.13. The van der Waals surface area contributed by atoms with E-state index in [1.54, 1.807) is 12.3 Å². The summed E-state index contributed by atoms with van der Waals surface area (Å²) in [6.45, 7) is 6.85. The monoisotopic (exact) mass is 454 g/mol.